The summed E-state index contributed by atoms with van der Waals surface area (Å²) in [6, 6.07) is 5.92. The topological polar surface area (TPSA) is 63.5 Å². The number of ether oxygens (including phenoxy) is 1. The first-order chi connectivity index (χ1) is 13.6. The highest BCUT2D eigenvalue weighted by Gasteiger charge is 2.33. The van der Waals surface area contributed by atoms with Gasteiger partial charge < -0.3 is 14.5 Å². The van der Waals surface area contributed by atoms with Gasteiger partial charge in [0.05, 0.1) is 6.04 Å². The Labute approximate surface area is 177 Å². The van der Waals surface area contributed by atoms with E-state index in [1.165, 1.54) is 0 Å². The minimum absolute atomic E-state index is 0.0714. The summed E-state index contributed by atoms with van der Waals surface area (Å²) in [5.74, 6) is 1.34. The van der Waals surface area contributed by atoms with Gasteiger partial charge in [-0.1, -0.05) is 11.6 Å². The van der Waals surface area contributed by atoms with E-state index < -0.39 is 5.60 Å². The number of aromatic nitrogens is 3. The molecular weight excluding hydrogens is 390 g/mol. The Balaban J connectivity index is 1.80. The Kier molecular flexibility index (Phi) is 6.08. The van der Waals surface area contributed by atoms with E-state index in [-0.39, 0.29) is 12.1 Å². The SMILES string of the molecule is CCN(C(=O)OC(C)(C)C)[C@@H]1CCN(c2cc(Cl)nc(-n3c(C)ccc3C)n2)C1. The maximum atomic E-state index is 12.6. The predicted molar refractivity (Wildman–Crippen MR) is 115 cm³/mol. The van der Waals surface area contributed by atoms with Crippen molar-refractivity contribution in [1.82, 2.24) is 19.4 Å². The summed E-state index contributed by atoms with van der Waals surface area (Å²) < 4.78 is 7.56. The predicted octanol–water partition coefficient (Wildman–Crippen LogP) is 4.37. The summed E-state index contributed by atoms with van der Waals surface area (Å²) in [4.78, 5) is 25.7. The van der Waals surface area contributed by atoms with Crippen LogP contribution >= 0.6 is 11.6 Å². The molecule has 1 atom stereocenters. The Hall–Kier alpha value is -2.28. The van der Waals surface area contributed by atoms with E-state index >= 15 is 0 Å². The van der Waals surface area contributed by atoms with Gasteiger partial charge in [-0.2, -0.15) is 4.98 Å². The average molecular weight is 420 g/mol. The summed E-state index contributed by atoms with van der Waals surface area (Å²) in [7, 11) is 0. The Morgan fingerprint density at radius 1 is 1.28 bits per heavy atom. The quantitative estimate of drug-likeness (QED) is 0.688. The second-order valence-corrected chi connectivity index (χ2v) is 8.84. The molecule has 0 spiro atoms. The molecule has 1 amide bonds. The van der Waals surface area contributed by atoms with Crippen molar-refractivity contribution < 1.29 is 9.53 Å². The second kappa shape index (κ2) is 8.22. The molecule has 3 heterocycles. The van der Waals surface area contributed by atoms with Gasteiger partial charge >= 0.3 is 6.09 Å². The molecule has 2 aromatic heterocycles. The van der Waals surface area contributed by atoms with E-state index in [9.17, 15) is 4.79 Å². The molecule has 3 rings (SSSR count). The van der Waals surface area contributed by atoms with Crippen LogP contribution in [-0.4, -0.2) is 56.8 Å². The van der Waals surface area contributed by atoms with Crippen LogP contribution < -0.4 is 4.90 Å². The number of likely N-dealkylation sites (N-methyl/N-ethyl adjacent to an activating group) is 1. The molecule has 1 aliphatic rings. The molecule has 0 saturated carbocycles. The fourth-order valence-corrected chi connectivity index (χ4v) is 3.87. The van der Waals surface area contributed by atoms with Crippen molar-refractivity contribution in [2.75, 3.05) is 24.5 Å². The monoisotopic (exact) mass is 419 g/mol. The largest absolute Gasteiger partial charge is 0.444 e. The first-order valence-corrected chi connectivity index (χ1v) is 10.4. The van der Waals surface area contributed by atoms with Gasteiger partial charge in [-0.3, -0.25) is 4.57 Å². The molecule has 7 nitrogen and oxygen atoms in total. The minimum atomic E-state index is -0.510. The molecule has 0 N–H and O–H groups in total. The molecule has 29 heavy (non-hydrogen) atoms. The number of aryl methyl sites for hydroxylation is 2. The number of anilines is 1. The Morgan fingerprint density at radius 2 is 1.93 bits per heavy atom. The van der Waals surface area contributed by atoms with Crippen LogP contribution in [0.1, 0.15) is 45.5 Å². The maximum Gasteiger partial charge on any atom is 0.410 e. The van der Waals surface area contributed by atoms with Crippen molar-refractivity contribution in [2.24, 2.45) is 0 Å². The van der Waals surface area contributed by atoms with Gasteiger partial charge in [0.2, 0.25) is 5.95 Å². The van der Waals surface area contributed by atoms with Crippen LogP contribution in [0.4, 0.5) is 10.6 Å². The third-order valence-electron chi connectivity index (χ3n) is 5.04. The summed E-state index contributed by atoms with van der Waals surface area (Å²) in [5.41, 5.74) is 1.60. The van der Waals surface area contributed by atoms with Crippen molar-refractivity contribution >= 4 is 23.5 Å². The minimum Gasteiger partial charge on any atom is -0.444 e. The molecule has 1 saturated heterocycles. The first kappa shape index (κ1) is 21.4. The normalized spacial score (nSPS) is 16.9. The second-order valence-electron chi connectivity index (χ2n) is 8.46. The molecule has 2 aromatic rings. The summed E-state index contributed by atoms with van der Waals surface area (Å²) >= 11 is 6.32. The lowest BCUT2D eigenvalue weighted by molar-refractivity contribution is 0.0191. The number of hydrogen-bond donors (Lipinski definition) is 0. The number of carbonyl (C=O) groups excluding carboxylic acids is 1. The number of halogens is 1. The van der Waals surface area contributed by atoms with Gasteiger partial charge in [-0.25, -0.2) is 9.78 Å². The zero-order chi connectivity index (χ0) is 21.3. The average Bonchev–Trinajstić information content (AvgIpc) is 3.20. The number of hydrogen-bond acceptors (Lipinski definition) is 5. The van der Waals surface area contributed by atoms with Crippen molar-refractivity contribution in [1.29, 1.82) is 0 Å². The summed E-state index contributed by atoms with van der Waals surface area (Å²) in [6.07, 6.45) is 0.581. The number of carbonyl (C=O) groups is 1. The van der Waals surface area contributed by atoms with Crippen molar-refractivity contribution in [2.45, 2.75) is 59.6 Å². The molecule has 8 heteroatoms. The molecule has 1 aliphatic heterocycles. The zero-order valence-corrected chi connectivity index (χ0v) is 18.8. The van der Waals surface area contributed by atoms with E-state index in [0.717, 1.165) is 30.2 Å². The first-order valence-electron chi connectivity index (χ1n) is 10.0. The smallest absolute Gasteiger partial charge is 0.410 e. The van der Waals surface area contributed by atoms with Gasteiger partial charge in [-0.05, 0) is 60.1 Å². The lowest BCUT2D eigenvalue weighted by Crippen LogP contribution is -2.44. The van der Waals surface area contributed by atoms with Crippen LogP contribution in [0.5, 0.6) is 0 Å². The van der Waals surface area contributed by atoms with Crippen LogP contribution in [0.15, 0.2) is 18.2 Å². The van der Waals surface area contributed by atoms with Crippen LogP contribution in [-0.2, 0) is 4.74 Å². The highest BCUT2D eigenvalue weighted by Crippen LogP contribution is 2.26. The third-order valence-corrected chi connectivity index (χ3v) is 5.23. The number of amides is 1. The molecule has 0 radical (unpaired) electrons. The highest BCUT2D eigenvalue weighted by molar-refractivity contribution is 6.29. The summed E-state index contributed by atoms with van der Waals surface area (Å²) in [5, 5.41) is 0.403. The van der Waals surface area contributed by atoms with E-state index in [2.05, 4.69) is 9.88 Å². The van der Waals surface area contributed by atoms with Gasteiger partial charge in [0.15, 0.2) is 0 Å². The van der Waals surface area contributed by atoms with Crippen molar-refractivity contribution in [3.63, 3.8) is 0 Å². The maximum absolute atomic E-state index is 12.6. The van der Waals surface area contributed by atoms with Gasteiger partial charge in [0.1, 0.15) is 16.6 Å². The van der Waals surface area contributed by atoms with Gasteiger partial charge in [-0.15, -0.1) is 0 Å². The number of rotatable bonds is 4. The van der Waals surface area contributed by atoms with Crippen LogP contribution in [0.3, 0.4) is 0 Å². The van der Waals surface area contributed by atoms with E-state index in [4.69, 9.17) is 21.3 Å². The number of nitrogens with zero attached hydrogens (tertiary/aromatic N) is 5. The zero-order valence-electron chi connectivity index (χ0n) is 18.1. The summed E-state index contributed by atoms with van der Waals surface area (Å²) in [6.45, 7) is 13.7. The van der Waals surface area contributed by atoms with Gasteiger partial charge in [0.25, 0.3) is 0 Å². The van der Waals surface area contributed by atoms with Crippen molar-refractivity contribution in [3.05, 3.63) is 34.7 Å². The standard InChI is InChI=1S/C21H30ClN5O2/c1-7-26(20(28)29-21(4,5)6)16-10-11-25(13-16)18-12-17(22)23-19(24-18)27-14(2)8-9-15(27)3/h8-9,12,16H,7,10-11,13H2,1-6H3/t16-/m1/s1. The fourth-order valence-electron chi connectivity index (χ4n) is 3.70. The fraction of sp³-hybridized carbons (Fsp3) is 0.571. The van der Waals surface area contributed by atoms with Gasteiger partial charge in [0, 0.05) is 37.1 Å². The van der Waals surface area contributed by atoms with Crippen LogP contribution in [0.2, 0.25) is 5.15 Å². The molecule has 158 valence electrons. The molecule has 0 aliphatic carbocycles. The van der Waals surface area contributed by atoms with E-state index in [1.807, 2.05) is 58.2 Å². The molecule has 0 bridgehead atoms. The lowest BCUT2D eigenvalue weighted by Gasteiger charge is -2.30. The molecular formula is C21H30ClN5O2. The highest BCUT2D eigenvalue weighted by atomic mass is 35.5. The molecule has 1 fully saturated rings. The third kappa shape index (κ3) is 4.83. The van der Waals surface area contributed by atoms with E-state index in [1.54, 1.807) is 11.0 Å². The van der Waals surface area contributed by atoms with Crippen LogP contribution in [0, 0.1) is 13.8 Å². The van der Waals surface area contributed by atoms with E-state index in [0.29, 0.717) is 24.2 Å². The Morgan fingerprint density at radius 3 is 2.52 bits per heavy atom. The molecule has 0 aromatic carbocycles. The Bertz CT molecular complexity index is 870. The molecule has 0 unspecified atom stereocenters. The van der Waals surface area contributed by atoms with Crippen LogP contribution in [0.25, 0.3) is 5.95 Å². The van der Waals surface area contributed by atoms with Crippen molar-refractivity contribution in [3.8, 4) is 5.95 Å². The lowest BCUT2D eigenvalue weighted by atomic mass is 10.2.